The van der Waals surface area contributed by atoms with Crippen LogP contribution in [0.3, 0.4) is 0 Å². The van der Waals surface area contributed by atoms with Crippen LogP contribution in [-0.2, 0) is 0 Å². The molecule has 1 aromatic heterocycles. The number of hydrogen-bond acceptors (Lipinski definition) is 3. The molecule has 1 fully saturated rings. The van der Waals surface area contributed by atoms with Crippen LogP contribution in [0.25, 0.3) is 11.1 Å². The Morgan fingerprint density at radius 2 is 2.16 bits per heavy atom. The summed E-state index contributed by atoms with van der Waals surface area (Å²) < 4.78 is 19.2. The van der Waals surface area contributed by atoms with E-state index in [1.807, 2.05) is 0 Å². The summed E-state index contributed by atoms with van der Waals surface area (Å²) in [6.07, 6.45) is 0.994. The van der Waals surface area contributed by atoms with Crippen LogP contribution in [0.5, 0.6) is 0 Å². The van der Waals surface area contributed by atoms with Crippen LogP contribution in [0.4, 0.5) is 10.3 Å². The lowest BCUT2D eigenvalue weighted by molar-refractivity contribution is 0.424. The number of aromatic nitrogens is 1. The molecule has 1 atom stereocenters. The van der Waals surface area contributed by atoms with Gasteiger partial charge in [0.25, 0.3) is 0 Å². The SMILES string of the molecule is CC1(C)CC1c1noc(N)c1-c1cccc(Cl)c1F. The van der Waals surface area contributed by atoms with Crippen LogP contribution in [0.2, 0.25) is 5.02 Å². The van der Waals surface area contributed by atoms with Gasteiger partial charge in [0.05, 0.1) is 16.3 Å². The van der Waals surface area contributed by atoms with Crippen molar-refractivity contribution in [2.75, 3.05) is 5.73 Å². The van der Waals surface area contributed by atoms with Crippen LogP contribution in [0.15, 0.2) is 22.7 Å². The topological polar surface area (TPSA) is 52.0 Å². The number of nitrogen functional groups attached to an aromatic ring is 1. The molecule has 0 aliphatic heterocycles. The van der Waals surface area contributed by atoms with Gasteiger partial charge in [0, 0.05) is 11.5 Å². The van der Waals surface area contributed by atoms with E-state index in [-0.39, 0.29) is 22.2 Å². The average Bonchev–Trinajstić information content (AvgIpc) is 2.80. The second kappa shape index (κ2) is 3.97. The first-order chi connectivity index (χ1) is 8.92. The Labute approximate surface area is 115 Å². The predicted octanol–water partition coefficient (Wildman–Crippen LogP) is 4.23. The molecule has 3 nitrogen and oxygen atoms in total. The van der Waals surface area contributed by atoms with Crippen molar-refractivity contribution in [2.24, 2.45) is 5.41 Å². The monoisotopic (exact) mass is 280 g/mol. The minimum atomic E-state index is -0.487. The highest BCUT2D eigenvalue weighted by Gasteiger charge is 2.50. The largest absolute Gasteiger partial charge is 0.367 e. The van der Waals surface area contributed by atoms with Gasteiger partial charge in [-0.2, -0.15) is 0 Å². The smallest absolute Gasteiger partial charge is 0.230 e. The van der Waals surface area contributed by atoms with Gasteiger partial charge in [-0.1, -0.05) is 42.7 Å². The van der Waals surface area contributed by atoms with Crippen molar-refractivity contribution in [3.8, 4) is 11.1 Å². The summed E-state index contributed by atoms with van der Waals surface area (Å²) in [7, 11) is 0. The molecule has 0 bridgehead atoms. The Morgan fingerprint density at radius 1 is 1.47 bits per heavy atom. The van der Waals surface area contributed by atoms with Gasteiger partial charge in [-0.05, 0) is 17.9 Å². The average molecular weight is 281 g/mol. The van der Waals surface area contributed by atoms with Crippen LogP contribution in [0, 0.1) is 11.2 Å². The number of anilines is 1. The van der Waals surface area contributed by atoms with Crippen molar-refractivity contribution >= 4 is 17.5 Å². The molecule has 0 amide bonds. The summed E-state index contributed by atoms with van der Waals surface area (Å²) >= 11 is 5.82. The minimum absolute atomic E-state index is 0.0686. The Hall–Kier alpha value is -1.55. The first-order valence-electron chi connectivity index (χ1n) is 6.11. The second-order valence-electron chi connectivity index (χ2n) is 5.65. The van der Waals surface area contributed by atoms with E-state index in [4.69, 9.17) is 21.9 Å². The number of nitrogens with zero attached hydrogens (tertiary/aromatic N) is 1. The molecular weight excluding hydrogens is 267 g/mol. The van der Waals surface area contributed by atoms with E-state index in [1.54, 1.807) is 12.1 Å². The number of halogens is 2. The predicted molar refractivity (Wildman–Crippen MR) is 72.5 cm³/mol. The Bertz CT molecular complexity index is 651. The molecule has 1 saturated carbocycles. The van der Waals surface area contributed by atoms with Gasteiger partial charge in [-0.25, -0.2) is 4.39 Å². The molecule has 2 N–H and O–H groups in total. The zero-order valence-corrected chi connectivity index (χ0v) is 11.5. The minimum Gasteiger partial charge on any atom is -0.367 e. The van der Waals surface area contributed by atoms with Gasteiger partial charge >= 0.3 is 0 Å². The van der Waals surface area contributed by atoms with Crippen molar-refractivity contribution in [3.05, 3.63) is 34.7 Å². The van der Waals surface area contributed by atoms with Gasteiger partial charge in [0.2, 0.25) is 5.88 Å². The fourth-order valence-corrected chi connectivity index (χ4v) is 2.63. The number of rotatable bonds is 2. The van der Waals surface area contributed by atoms with Gasteiger partial charge < -0.3 is 10.3 Å². The maximum absolute atomic E-state index is 14.1. The van der Waals surface area contributed by atoms with E-state index in [0.717, 1.165) is 12.1 Å². The van der Waals surface area contributed by atoms with Gasteiger partial charge in [0.1, 0.15) is 5.82 Å². The normalized spacial score (nSPS) is 20.5. The third kappa shape index (κ3) is 1.91. The van der Waals surface area contributed by atoms with Crippen LogP contribution >= 0.6 is 11.6 Å². The van der Waals surface area contributed by atoms with E-state index in [2.05, 4.69) is 19.0 Å². The molecule has 5 heteroatoms. The van der Waals surface area contributed by atoms with E-state index in [1.165, 1.54) is 6.07 Å². The molecule has 2 aromatic rings. The molecule has 0 saturated heterocycles. The molecule has 3 rings (SSSR count). The van der Waals surface area contributed by atoms with Crippen molar-refractivity contribution in [2.45, 2.75) is 26.2 Å². The van der Waals surface area contributed by atoms with Gasteiger partial charge in [-0.3, -0.25) is 0 Å². The fraction of sp³-hybridized carbons (Fsp3) is 0.357. The zero-order chi connectivity index (χ0) is 13.8. The Morgan fingerprint density at radius 3 is 2.79 bits per heavy atom. The first-order valence-corrected chi connectivity index (χ1v) is 6.49. The maximum Gasteiger partial charge on any atom is 0.230 e. The van der Waals surface area contributed by atoms with E-state index >= 15 is 0 Å². The molecule has 1 unspecified atom stereocenters. The molecule has 1 aliphatic rings. The molecule has 1 aromatic carbocycles. The summed E-state index contributed by atoms with van der Waals surface area (Å²) in [6, 6.07) is 4.84. The van der Waals surface area contributed by atoms with Crippen LogP contribution in [0.1, 0.15) is 31.9 Å². The lowest BCUT2D eigenvalue weighted by Gasteiger charge is -2.06. The van der Waals surface area contributed by atoms with Gasteiger partial charge in [-0.15, -0.1) is 0 Å². The molecule has 1 aliphatic carbocycles. The van der Waals surface area contributed by atoms with E-state index < -0.39 is 5.82 Å². The fourth-order valence-electron chi connectivity index (χ4n) is 2.46. The quantitative estimate of drug-likeness (QED) is 0.895. The number of nitrogens with two attached hydrogens (primary N) is 1. The van der Waals surface area contributed by atoms with Crippen molar-refractivity contribution in [3.63, 3.8) is 0 Å². The summed E-state index contributed by atoms with van der Waals surface area (Å²) in [5.41, 5.74) is 7.58. The zero-order valence-electron chi connectivity index (χ0n) is 10.7. The van der Waals surface area contributed by atoms with Crippen molar-refractivity contribution in [1.29, 1.82) is 0 Å². The van der Waals surface area contributed by atoms with E-state index in [9.17, 15) is 4.39 Å². The highest BCUT2D eigenvalue weighted by molar-refractivity contribution is 6.31. The maximum atomic E-state index is 14.1. The molecule has 100 valence electrons. The van der Waals surface area contributed by atoms with Crippen molar-refractivity contribution in [1.82, 2.24) is 5.16 Å². The Kier molecular flexibility index (Phi) is 2.61. The third-order valence-corrected chi connectivity index (χ3v) is 4.10. The summed E-state index contributed by atoms with van der Waals surface area (Å²) in [5, 5.41) is 4.08. The van der Waals surface area contributed by atoms with Crippen molar-refractivity contribution < 1.29 is 8.91 Å². The van der Waals surface area contributed by atoms with Gasteiger partial charge in [0.15, 0.2) is 0 Å². The lowest BCUT2D eigenvalue weighted by atomic mass is 9.99. The lowest BCUT2D eigenvalue weighted by Crippen LogP contribution is -1.96. The molecule has 0 spiro atoms. The van der Waals surface area contributed by atoms with Crippen LogP contribution in [-0.4, -0.2) is 5.16 Å². The standard InChI is InChI=1S/C14H14ClFN2O/c1-14(2)6-8(14)12-10(13(17)19-18-12)7-4-3-5-9(15)11(7)16/h3-5,8H,6,17H2,1-2H3. The molecule has 19 heavy (non-hydrogen) atoms. The number of hydrogen-bond donors (Lipinski definition) is 1. The summed E-state index contributed by atoms with van der Waals surface area (Å²) in [4.78, 5) is 0. The summed E-state index contributed by atoms with van der Waals surface area (Å²) in [5.74, 6) is -0.0976. The third-order valence-electron chi connectivity index (χ3n) is 3.81. The van der Waals surface area contributed by atoms with E-state index in [0.29, 0.717) is 11.1 Å². The van der Waals surface area contributed by atoms with Crippen LogP contribution < -0.4 is 5.73 Å². The first kappa shape index (κ1) is 12.5. The molecule has 0 radical (unpaired) electrons. The second-order valence-corrected chi connectivity index (χ2v) is 6.06. The molecular formula is C14H14ClFN2O. The molecule has 1 heterocycles. The summed E-state index contributed by atoms with van der Waals surface area (Å²) in [6.45, 7) is 4.28. The number of benzene rings is 1. The highest BCUT2D eigenvalue weighted by Crippen LogP contribution is 2.60. The highest BCUT2D eigenvalue weighted by atomic mass is 35.5. The Balaban J connectivity index is 2.15.